The molecular weight excluding hydrogens is 611 g/mol. The normalized spacial score (nSPS) is 15.1. The fourth-order valence-electron chi connectivity index (χ4n) is 6.48. The van der Waals surface area contributed by atoms with E-state index in [1.165, 1.54) is 17.8 Å². The topological polar surface area (TPSA) is 165 Å². The van der Waals surface area contributed by atoms with Gasteiger partial charge in [0.25, 0.3) is 0 Å². The van der Waals surface area contributed by atoms with E-state index >= 15 is 0 Å². The van der Waals surface area contributed by atoms with Crippen LogP contribution in [0.2, 0.25) is 0 Å². The van der Waals surface area contributed by atoms with Crippen LogP contribution in [0.3, 0.4) is 0 Å². The van der Waals surface area contributed by atoms with Crippen molar-refractivity contribution in [1.82, 2.24) is 34.8 Å². The summed E-state index contributed by atoms with van der Waals surface area (Å²) < 4.78 is 8.16. The number of unbranched alkanes of at least 4 members (excludes halogenated alkanes) is 1. The maximum absolute atomic E-state index is 10.1. The van der Waals surface area contributed by atoms with Crippen molar-refractivity contribution >= 4 is 39.0 Å². The van der Waals surface area contributed by atoms with Crippen LogP contribution in [0.5, 0.6) is 0 Å². The molecule has 1 aliphatic heterocycles. The minimum atomic E-state index is 0.377. The number of hydrogen-bond donors (Lipinski definition) is 2. The molecule has 6 heterocycles. The maximum atomic E-state index is 10.1. The first-order valence-electron chi connectivity index (χ1n) is 16.6. The number of likely N-dealkylation sites (N-methyl/N-ethyl adjacent to an activating group) is 1. The van der Waals surface area contributed by atoms with Gasteiger partial charge >= 0.3 is 0 Å². The summed E-state index contributed by atoms with van der Waals surface area (Å²) in [7, 11) is 2.17. The summed E-state index contributed by atoms with van der Waals surface area (Å²) in [6.07, 6.45) is 10.1. The lowest BCUT2D eigenvalue weighted by Crippen LogP contribution is -2.29. The SMILES string of the molecule is CCCCc1c(-c2nc(N(CC)Cc3cccnc3N)c3cnn(CC4CCCN4C)c3n2)noc1-c1c(CCC)sc(N)c1C#N. The molecule has 5 aromatic rings. The van der Waals surface area contributed by atoms with Gasteiger partial charge in [0.05, 0.1) is 29.3 Å². The fourth-order valence-corrected chi connectivity index (χ4v) is 7.59. The number of nitrogen functional groups attached to an aromatic ring is 2. The Labute approximate surface area is 279 Å². The minimum absolute atomic E-state index is 0.377. The van der Waals surface area contributed by atoms with E-state index in [2.05, 4.69) is 53.8 Å². The molecule has 12 nitrogen and oxygen atoms in total. The van der Waals surface area contributed by atoms with Gasteiger partial charge in [-0.25, -0.2) is 19.6 Å². The highest BCUT2D eigenvalue weighted by Crippen LogP contribution is 2.43. The van der Waals surface area contributed by atoms with E-state index < -0.39 is 0 Å². The summed E-state index contributed by atoms with van der Waals surface area (Å²) in [6.45, 7) is 9.36. The van der Waals surface area contributed by atoms with Crippen molar-refractivity contribution < 1.29 is 4.52 Å². The van der Waals surface area contributed by atoms with Crippen LogP contribution in [-0.4, -0.2) is 61.0 Å². The van der Waals surface area contributed by atoms with E-state index in [-0.39, 0.29) is 0 Å². The summed E-state index contributed by atoms with van der Waals surface area (Å²) in [5.74, 6) is 2.29. The molecule has 13 heteroatoms. The Balaban J connectivity index is 1.54. The van der Waals surface area contributed by atoms with Crippen LogP contribution in [0, 0.1) is 11.3 Å². The lowest BCUT2D eigenvalue weighted by molar-refractivity contribution is 0.276. The second kappa shape index (κ2) is 14.1. The third-order valence-corrected chi connectivity index (χ3v) is 10.2. The van der Waals surface area contributed by atoms with Gasteiger partial charge in [0.15, 0.2) is 22.9 Å². The van der Waals surface area contributed by atoms with Gasteiger partial charge in [-0.2, -0.15) is 10.4 Å². The highest BCUT2D eigenvalue weighted by atomic mass is 32.1. The monoisotopic (exact) mass is 653 g/mol. The van der Waals surface area contributed by atoms with Gasteiger partial charge in [-0.15, -0.1) is 11.3 Å². The Kier molecular flexibility index (Phi) is 9.70. The molecule has 1 aliphatic rings. The van der Waals surface area contributed by atoms with Gasteiger partial charge < -0.3 is 25.8 Å². The summed E-state index contributed by atoms with van der Waals surface area (Å²) >= 11 is 1.45. The molecular formula is C34H43N11OS. The second-order valence-electron chi connectivity index (χ2n) is 12.2. The highest BCUT2D eigenvalue weighted by Gasteiger charge is 2.30. The third-order valence-electron chi connectivity index (χ3n) is 9.10. The molecule has 0 aliphatic carbocycles. The standard InChI is InChI=1S/C34H43N11OS/c1-5-8-14-23-28(42-46-29(23)27-24(17-35)31(37)47-26(27)11-6-2)32-40-33(44(7-3)19-21-12-9-15-38-30(21)36)25-18-39-45(34(25)41-32)20-22-13-10-16-43(22)4/h9,12,15,18,22H,5-8,10-11,13-14,16,19-20,37H2,1-4H3,(H2,36,38). The first-order chi connectivity index (χ1) is 22.9. The number of hydrogen-bond acceptors (Lipinski definition) is 12. The van der Waals surface area contributed by atoms with E-state index in [0.717, 1.165) is 83.6 Å². The molecule has 1 saturated heterocycles. The average Bonchev–Trinajstić information content (AvgIpc) is 3.85. The van der Waals surface area contributed by atoms with Crippen molar-refractivity contribution in [3.05, 3.63) is 46.1 Å². The zero-order chi connectivity index (χ0) is 33.1. The molecule has 1 unspecified atom stereocenters. The number of aromatic nitrogens is 6. The molecule has 0 radical (unpaired) electrons. The average molecular weight is 654 g/mol. The van der Waals surface area contributed by atoms with Crippen molar-refractivity contribution in [2.45, 2.75) is 84.8 Å². The number of rotatable bonds is 13. The number of nitrogens with two attached hydrogens (primary N) is 2. The molecule has 246 valence electrons. The summed E-state index contributed by atoms with van der Waals surface area (Å²) in [5.41, 5.74) is 17.0. The molecule has 4 N–H and O–H groups in total. The molecule has 0 amide bonds. The highest BCUT2D eigenvalue weighted by molar-refractivity contribution is 7.16. The Bertz CT molecular complexity index is 1900. The van der Waals surface area contributed by atoms with Crippen molar-refractivity contribution in [2.24, 2.45) is 0 Å². The van der Waals surface area contributed by atoms with Gasteiger partial charge in [-0.3, -0.25) is 0 Å². The van der Waals surface area contributed by atoms with Crippen LogP contribution in [0.25, 0.3) is 33.9 Å². The van der Waals surface area contributed by atoms with Gasteiger partial charge in [0, 0.05) is 41.3 Å². The maximum Gasteiger partial charge on any atom is 0.186 e. The number of fused-ring (bicyclic) bond motifs is 1. The fraction of sp³-hybridized carbons (Fsp3) is 0.471. The Morgan fingerprint density at radius 3 is 2.72 bits per heavy atom. The van der Waals surface area contributed by atoms with E-state index in [4.69, 9.17) is 31.1 Å². The third kappa shape index (κ3) is 6.27. The molecule has 6 rings (SSSR count). The first kappa shape index (κ1) is 32.4. The second-order valence-corrected chi connectivity index (χ2v) is 13.4. The van der Waals surface area contributed by atoms with Crippen LogP contribution in [0.15, 0.2) is 29.0 Å². The number of nitrogens with zero attached hydrogens (tertiary/aromatic N) is 9. The molecule has 0 saturated carbocycles. The smallest absolute Gasteiger partial charge is 0.186 e. The zero-order valence-electron chi connectivity index (χ0n) is 27.7. The van der Waals surface area contributed by atoms with Gasteiger partial charge in [0.2, 0.25) is 0 Å². The molecule has 47 heavy (non-hydrogen) atoms. The lowest BCUT2D eigenvalue weighted by Gasteiger charge is -2.24. The number of likely N-dealkylation sites (tertiary alicyclic amines) is 1. The van der Waals surface area contributed by atoms with Crippen molar-refractivity contribution in [3.63, 3.8) is 0 Å². The van der Waals surface area contributed by atoms with Crippen LogP contribution < -0.4 is 16.4 Å². The number of thiophene rings is 1. The molecule has 1 atom stereocenters. The summed E-state index contributed by atoms with van der Waals surface area (Å²) in [5, 5.41) is 21.0. The predicted molar refractivity (Wildman–Crippen MR) is 187 cm³/mol. The Morgan fingerprint density at radius 2 is 2.02 bits per heavy atom. The molecule has 0 aromatic carbocycles. The molecule has 0 bridgehead atoms. The van der Waals surface area contributed by atoms with Crippen LogP contribution in [0.1, 0.15) is 74.4 Å². The first-order valence-corrected chi connectivity index (χ1v) is 17.4. The zero-order valence-corrected chi connectivity index (χ0v) is 28.5. The molecule has 5 aromatic heterocycles. The molecule has 0 spiro atoms. The van der Waals surface area contributed by atoms with Crippen molar-refractivity contribution in [1.29, 1.82) is 5.26 Å². The Morgan fingerprint density at radius 1 is 1.17 bits per heavy atom. The number of anilines is 3. The van der Waals surface area contributed by atoms with E-state index in [9.17, 15) is 5.26 Å². The van der Waals surface area contributed by atoms with Crippen molar-refractivity contribution in [2.75, 3.05) is 36.5 Å². The number of nitriles is 1. The van der Waals surface area contributed by atoms with Crippen LogP contribution in [0.4, 0.5) is 16.6 Å². The van der Waals surface area contributed by atoms with E-state index in [0.29, 0.717) is 59.2 Å². The van der Waals surface area contributed by atoms with E-state index in [1.807, 2.05) is 23.0 Å². The quantitative estimate of drug-likeness (QED) is 0.152. The van der Waals surface area contributed by atoms with Crippen molar-refractivity contribution in [3.8, 4) is 28.9 Å². The van der Waals surface area contributed by atoms with Crippen LogP contribution >= 0.6 is 11.3 Å². The van der Waals surface area contributed by atoms with E-state index in [1.54, 1.807) is 6.20 Å². The lowest BCUT2D eigenvalue weighted by atomic mass is 9.98. The van der Waals surface area contributed by atoms with Gasteiger partial charge in [-0.05, 0) is 58.7 Å². The minimum Gasteiger partial charge on any atom is -0.389 e. The van der Waals surface area contributed by atoms with Gasteiger partial charge in [0.1, 0.15) is 22.7 Å². The summed E-state index contributed by atoms with van der Waals surface area (Å²) in [4.78, 5) is 20.2. The molecule has 1 fully saturated rings. The number of pyridine rings is 1. The Hall–Kier alpha value is -4.54. The summed E-state index contributed by atoms with van der Waals surface area (Å²) in [6, 6.07) is 6.59. The van der Waals surface area contributed by atoms with Crippen LogP contribution in [-0.2, 0) is 25.9 Å². The van der Waals surface area contributed by atoms with Gasteiger partial charge in [-0.1, -0.05) is 37.9 Å². The largest absolute Gasteiger partial charge is 0.389 e. The number of aryl methyl sites for hydroxylation is 1. The predicted octanol–water partition coefficient (Wildman–Crippen LogP) is 6.06.